The Kier molecular flexibility index (Phi) is 10.3. The van der Waals surface area contributed by atoms with Crippen molar-refractivity contribution < 1.29 is 53.2 Å². The molecule has 19 heteroatoms. The zero-order valence-corrected chi connectivity index (χ0v) is 35.0. The van der Waals surface area contributed by atoms with Crippen molar-refractivity contribution in [3.8, 4) is 5.75 Å². The molecule has 2 aromatic carbocycles. The third-order valence-corrected chi connectivity index (χ3v) is 13.6. The van der Waals surface area contributed by atoms with Crippen LogP contribution in [0.4, 0.5) is 15.8 Å². The summed E-state index contributed by atoms with van der Waals surface area (Å²) >= 11 is 1.24. The van der Waals surface area contributed by atoms with Crippen LogP contribution >= 0.6 is 11.8 Å². The third kappa shape index (κ3) is 6.30. The SMILES string of the molecule is CC(OC(=O)c1c2n(c3cc(N4CCNCC4)c(F)cc3c1=O)C(C)S2)C(=O)Oc1ccc(N(C)C)c2c1C(=O)C1=C(O)[C@@]3(O)C(=O)C(C(N)=O)=C(O)[C@H](N(C)C)[C@H]3C[C@H]1C2. The topological polar surface area (TPSA) is 234 Å². The minimum absolute atomic E-state index is 0.0269. The number of allylic oxidation sites excluding steroid dienone is 1. The second-order valence-electron chi connectivity index (χ2n) is 16.4. The quantitative estimate of drug-likeness (QED) is 0.124. The van der Waals surface area contributed by atoms with Gasteiger partial charge in [0.1, 0.15) is 34.2 Å². The van der Waals surface area contributed by atoms with E-state index >= 15 is 4.39 Å². The van der Waals surface area contributed by atoms with Crippen molar-refractivity contribution in [2.24, 2.45) is 17.6 Å². The van der Waals surface area contributed by atoms with Crippen molar-refractivity contribution in [2.45, 2.75) is 54.8 Å². The van der Waals surface area contributed by atoms with Gasteiger partial charge in [0.05, 0.1) is 33.2 Å². The van der Waals surface area contributed by atoms with E-state index in [0.717, 1.165) is 6.07 Å². The van der Waals surface area contributed by atoms with Gasteiger partial charge in [-0.3, -0.25) is 24.1 Å². The van der Waals surface area contributed by atoms with Crippen LogP contribution in [0.2, 0.25) is 0 Å². The van der Waals surface area contributed by atoms with Crippen molar-refractivity contribution in [1.29, 1.82) is 0 Å². The zero-order chi connectivity index (χ0) is 44.1. The smallest absolute Gasteiger partial charge is 0.352 e. The number of thioether (sulfide) groups is 1. The lowest BCUT2D eigenvalue weighted by atomic mass is 9.58. The fourth-order valence-corrected chi connectivity index (χ4v) is 10.7. The van der Waals surface area contributed by atoms with E-state index < -0.39 is 87.3 Å². The Hall–Kier alpha value is -5.76. The molecule has 6 atom stereocenters. The molecule has 17 nitrogen and oxygen atoms in total. The van der Waals surface area contributed by atoms with E-state index in [4.69, 9.17) is 15.2 Å². The number of halogens is 1. The van der Waals surface area contributed by atoms with Gasteiger partial charge in [0.15, 0.2) is 17.5 Å². The van der Waals surface area contributed by atoms with Crippen molar-refractivity contribution in [1.82, 2.24) is 14.8 Å². The average Bonchev–Trinajstić information content (AvgIpc) is 3.19. The first-order valence-electron chi connectivity index (χ1n) is 19.7. The number of hydrogen-bond acceptors (Lipinski definition) is 16. The normalized spacial score (nSPS) is 25.0. The Balaban J connectivity index is 1.11. The molecule has 0 bridgehead atoms. The molecule has 2 unspecified atom stereocenters. The molecular formula is C42H45FN6O11S. The number of anilines is 2. The number of piperazine rings is 1. The lowest BCUT2D eigenvalue weighted by Crippen LogP contribution is -2.63. The molecule has 1 saturated heterocycles. The van der Waals surface area contributed by atoms with Crippen LogP contribution in [0.5, 0.6) is 5.75 Å². The van der Waals surface area contributed by atoms with Crippen molar-refractivity contribution in [3.05, 3.63) is 79.7 Å². The lowest BCUT2D eigenvalue weighted by molar-refractivity contribution is -0.148. The molecule has 5 aliphatic rings. The summed E-state index contributed by atoms with van der Waals surface area (Å²) in [5.74, 6) is -10.4. The number of benzene rings is 2. The van der Waals surface area contributed by atoms with Gasteiger partial charge in [-0.05, 0) is 76.5 Å². The second-order valence-corrected chi connectivity index (χ2v) is 17.7. The van der Waals surface area contributed by atoms with Crippen LogP contribution < -0.4 is 31.0 Å². The van der Waals surface area contributed by atoms with E-state index in [2.05, 4.69) is 5.32 Å². The predicted octanol–water partition coefficient (Wildman–Crippen LogP) is 2.12. The van der Waals surface area contributed by atoms with Crippen LogP contribution in [0.15, 0.2) is 56.8 Å². The molecule has 3 heterocycles. The number of aromatic nitrogens is 1. The number of nitrogens with zero attached hydrogens (tertiary/aromatic N) is 4. The molecule has 1 aromatic heterocycles. The molecule has 0 saturated carbocycles. The van der Waals surface area contributed by atoms with Crippen molar-refractivity contribution in [3.63, 3.8) is 0 Å². The minimum atomic E-state index is -2.82. The molecule has 3 aromatic rings. The fourth-order valence-electron chi connectivity index (χ4n) is 9.55. The summed E-state index contributed by atoms with van der Waals surface area (Å²) in [5, 5.41) is 38.2. The first-order chi connectivity index (χ1) is 28.8. The van der Waals surface area contributed by atoms with Crippen LogP contribution in [-0.2, 0) is 25.5 Å². The largest absolute Gasteiger partial charge is 0.510 e. The number of amides is 1. The third-order valence-electron chi connectivity index (χ3n) is 12.4. The van der Waals surface area contributed by atoms with E-state index in [0.29, 0.717) is 53.7 Å². The van der Waals surface area contributed by atoms with Crippen LogP contribution in [0, 0.1) is 17.7 Å². The fraction of sp³-hybridized carbons (Fsp3) is 0.429. The average molecular weight is 861 g/mol. The van der Waals surface area contributed by atoms with Gasteiger partial charge < -0.3 is 50.2 Å². The van der Waals surface area contributed by atoms with Crippen molar-refractivity contribution >= 4 is 63.5 Å². The van der Waals surface area contributed by atoms with Gasteiger partial charge in [0.25, 0.3) is 5.91 Å². The molecule has 1 fully saturated rings. The van der Waals surface area contributed by atoms with Gasteiger partial charge in [0, 0.05) is 62.8 Å². The number of Topliss-reactive ketones (excluding diaryl/α,β-unsaturated/α-hetero) is 2. The standard InChI is InChI=1S/C42H45FN6O11S/c1-17(59-41(57)31-33(50)21-15-23(43)26(48-11-9-45-10-12-48)16-25(21)49-18(2)61-39(31)49)40(56)60-27-8-7-24(46(3)4)20-13-19-14-22-32(47(5)6)35(52)30(38(44)55)37(54)42(22,58)36(53)28(19)34(51)29(20)27/h7-8,15-19,22,32,45,52-53,58H,9-14H2,1-6H3,(H2,44,55)/t17?,18?,19-,22-,32-,42-/m1/s1. The number of pyridine rings is 1. The number of nitrogens with two attached hydrogens (primary N) is 1. The molecular weight excluding hydrogens is 816 g/mol. The number of carbonyl (C=O) groups excluding carboxylic acids is 5. The summed E-state index contributed by atoms with van der Waals surface area (Å²) in [6.07, 6.45) is -1.66. The number of nitrogens with one attached hydrogen (secondary N) is 1. The van der Waals surface area contributed by atoms with Gasteiger partial charge in [0.2, 0.25) is 11.2 Å². The predicted molar refractivity (Wildman–Crippen MR) is 221 cm³/mol. The van der Waals surface area contributed by atoms with Gasteiger partial charge in [-0.2, -0.15) is 0 Å². The molecule has 1 amide bonds. The van der Waals surface area contributed by atoms with E-state index in [9.17, 15) is 44.1 Å². The summed E-state index contributed by atoms with van der Waals surface area (Å²) in [4.78, 5) is 87.1. The number of ether oxygens (including phenoxy) is 2. The Morgan fingerprint density at radius 3 is 2.39 bits per heavy atom. The minimum Gasteiger partial charge on any atom is -0.510 e. The number of fused-ring (bicyclic) bond motifs is 6. The highest BCUT2D eigenvalue weighted by atomic mass is 32.2. The van der Waals surface area contributed by atoms with Gasteiger partial charge in [-0.25, -0.2) is 14.0 Å². The van der Waals surface area contributed by atoms with Gasteiger partial charge in [-0.1, -0.05) is 11.8 Å². The highest BCUT2D eigenvalue weighted by Crippen LogP contribution is 2.53. The number of carbonyl (C=O) groups is 5. The molecule has 322 valence electrons. The number of likely N-dealkylation sites (N-methyl/N-ethyl adjacent to an activating group) is 1. The summed E-state index contributed by atoms with van der Waals surface area (Å²) in [6, 6.07) is 4.55. The molecule has 3 aliphatic carbocycles. The number of aliphatic hydroxyl groups is 3. The molecule has 2 aliphatic heterocycles. The maximum atomic E-state index is 15.5. The Morgan fingerprint density at radius 2 is 1.77 bits per heavy atom. The van der Waals surface area contributed by atoms with Crippen LogP contribution in [0.25, 0.3) is 10.9 Å². The van der Waals surface area contributed by atoms with Crippen LogP contribution in [-0.4, -0.2) is 126 Å². The lowest BCUT2D eigenvalue weighted by Gasteiger charge is -2.50. The maximum absolute atomic E-state index is 15.5. The van der Waals surface area contributed by atoms with E-state index in [1.54, 1.807) is 49.8 Å². The molecule has 6 N–H and O–H groups in total. The van der Waals surface area contributed by atoms with E-state index in [-0.39, 0.29) is 46.1 Å². The summed E-state index contributed by atoms with van der Waals surface area (Å²) in [7, 11) is 6.56. The number of primary amides is 1. The number of rotatable bonds is 8. The Morgan fingerprint density at radius 1 is 1.08 bits per heavy atom. The van der Waals surface area contributed by atoms with Gasteiger partial charge in [-0.15, -0.1) is 0 Å². The molecule has 0 radical (unpaired) electrons. The number of esters is 2. The van der Waals surface area contributed by atoms with E-state index in [1.165, 1.54) is 29.7 Å². The van der Waals surface area contributed by atoms with Crippen LogP contribution in [0.3, 0.4) is 0 Å². The zero-order valence-electron chi connectivity index (χ0n) is 34.2. The monoisotopic (exact) mass is 860 g/mol. The molecule has 61 heavy (non-hydrogen) atoms. The first-order valence-corrected chi connectivity index (χ1v) is 20.6. The Labute approximate surface area is 352 Å². The summed E-state index contributed by atoms with van der Waals surface area (Å²) in [5.41, 5.74) is 1.87. The number of aliphatic hydroxyl groups excluding tert-OH is 2. The van der Waals surface area contributed by atoms with Crippen LogP contribution in [0.1, 0.15) is 51.9 Å². The first kappa shape index (κ1) is 42.0. The molecule has 8 rings (SSSR count). The Bertz CT molecular complexity index is 2620. The summed E-state index contributed by atoms with van der Waals surface area (Å²) < 4.78 is 28.5. The highest BCUT2D eigenvalue weighted by molar-refractivity contribution is 8.00. The van der Waals surface area contributed by atoms with E-state index in [1.807, 2.05) is 11.8 Å². The maximum Gasteiger partial charge on any atom is 0.352 e. The molecule has 0 spiro atoms. The summed E-state index contributed by atoms with van der Waals surface area (Å²) in [6.45, 7) is 5.58. The highest BCUT2D eigenvalue weighted by Gasteiger charge is 2.63. The number of hydrogen-bond donors (Lipinski definition) is 5. The second kappa shape index (κ2) is 15.0. The van der Waals surface area contributed by atoms with Gasteiger partial charge >= 0.3 is 11.9 Å². The van der Waals surface area contributed by atoms with Crippen molar-refractivity contribution in [2.75, 3.05) is 64.2 Å². The number of ketones is 2.